The van der Waals surface area contributed by atoms with Crippen molar-refractivity contribution in [3.8, 4) is 0 Å². The molecule has 0 aromatic carbocycles. The maximum atomic E-state index is 10.5. The predicted molar refractivity (Wildman–Crippen MR) is 48.7 cm³/mol. The molecule has 2 unspecified atom stereocenters. The summed E-state index contributed by atoms with van der Waals surface area (Å²) in [6, 6.07) is 0. The Labute approximate surface area is 80.4 Å². The van der Waals surface area contributed by atoms with Gasteiger partial charge < -0.3 is 5.11 Å². The first-order chi connectivity index (χ1) is 4.70. The Kier molecular flexibility index (Phi) is 4.93. The fourth-order valence-corrected chi connectivity index (χ4v) is 1.66. The van der Waals surface area contributed by atoms with Crippen LogP contribution in [-0.4, -0.2) is 30.9 Å². The van der Waals surface area contributed by atoms with E-state index in [2.05, 4.69) is 6.92 Å². The van der Waals surface area contributed by atoms with Crippen LogP contribution < -0.4 is 0 Å². The minimum atomic E-state index is -0.605. The van der Waals surface area contributed by atoms with Gasteiger partial charge in [0.15, 0.2) is 0 Å². The third kappa shape index (κ3) is 3.34. The summed E-state index contributed by atoms with van der Waals surface area (Å²) in [7, 11) is 0. The van der Waals surface area contributed by atoms with Crippen molar-refractivity contribution in [3.63, 3.8) is 0 Å². The molecule has 0 heterocycles. The van der Waals surface area contributed by atoms with Crippen molar-refractivity contribution in [1.82, 2.24) is 0 Å². The monoisotopic (exact) mass is 214 g/mol. The van der Waals surface area contributed by atoms with E-state index >= 15 is 0 Å². The SMILES string of the molecule is CC1CCCC(C(=O)O)C1.[GaH3]. The minimum absolute atomic E-state index is 0. The first-order valence-corrected chi connectivity index (χ1v) is 3.93. The van der Waals surface area contributed by atoms with Crippen LogP contribution in [0.3, 0.4) is 0 Å². The van der Waals surface area contributed by atoms with Crippen LogP contribution in [0.15, 0.2) is 0 Å². The normalized spacial score (nSPS) is 30.6. The molecule has 0 bridgehead atoms. The zero-order chi connectivity index (χ0) is 7.56. The van der Waals surface area contributed by atoms with E-state index in [4.69, 9.17) is 5.11 Å². The molecule has 0 aromatic heterocycles. The van der Waals surface area contributed by atoms with Crippen LogP contribution in [0, 0.1) is 11.8 Å². The van der Waals surface area contributed by atoms with Crippen LogP contribution >= 0.6 is 0 Å². The molecule has 11 heavy (non-hydrogen) atoms. The molecule has 1 fully saturated rings. The Hall–Kier alpha value is 0.106. The molecular weight excluding hydrogens is 198 g/mol. The van der Waals surface area contributed by atoms with Gasteiger partial charge in [-0.15, -0.1) is 0 Å². The number of hydrogen-bond donors (Lipinski definition) is 1. The number of carbonyl (C=O) groups is 1. The van der Waals surface area contributed by atoms with Gasteiger partial charge in [0, 0.05) is 0 Å². The average Bonchev–Trinajstić information content (AvgIpc) is 1.88. The molecule has 0 saturated heterocycles. The average molecular weight is 215 g/mol. The molecule has 2 atom stereocenters. The molecule has 0 aliphatic heterocycles. The molecule has 0 amide bonds. The molecule has 1 aliphatic rings. The summed E-state index contributed by atoms with van der Waals surface area (Å²) in [5.74, 6) is -0.0369. The van der Waals surface area contributed by atoms with Crippen molar-refractivity contribution in [2.45, 2.75) is 32.6 Å². The molecule has 2 nitrogen and oxygen atoms in total. The van der Waals surface area contributed by atoms with Gasteiger partial charge in [0.25, 0.3) is 0 Å². The van der Waals surface area contributed by atoms with Gasteiger partial charge in [-0.2, -0.15) is 0 Å². The zero-order valence-corrected chi connectivity index (χ0v) is 6.34. The van der Waals surface area contributed by atoms with Gasteiger partial charge in [-0.3, -0.25) is 4.79 Å². The molecule has 3 heteroatoms. The maximum absolute atomic E-state index is 10.5. The molecule has 0 aromatic rings. The molecule has 1 rings (SSSR count). The van der Waals surface area contributed by atoms with Crippen LogP contribution in [0.4, 0.5) is 0 Å². The number of hydrogen-bond acceptors (Lipinski definition) is 1. The van der Waals surface area contributed by atoms with Crippen molar-refractivity contribution in [2.24, 2.45) is 11.8 Å². The van der Waals surface area contributed by atoms with Crippen LogP contribution in [-0.2, 0) is 4.79 Å². The van der Waals surface area contributed by atoms with Crippen molar-refractivity contribution in [3.05, 3.63) is 0 Å². The first kappa shape index (κ1) is 11.1. The second-order valence-electron chi connectivity index (χ2n) is 3.31. The van der Waals surface area contributed by atoms with E-state index in [0.717, 1.165) is 19.3 Å². The van der Waals surface area contributed by atoms with Crippen LogP contribution in [0.25, 0.3) is 0 Å². The van der Waals surface area contributed by atoms with E-state index in [1.807, 2.05) is 0 Å². The van der Waals surface area contributed by atoms with E-state index in [-0.39, 0.29) is 25.7 Å². The van der Waals surface area contributed by atoms with Crippen LogP contribution in [0.2, 0.25) is 0 Å². The van der Waals surface area contributed by atoms with Gasteiger partial charge in [-0.05, 0) is 18.8 Å². The fraction of sp³-hybridized carbons (Fsp3) is 0.875. The summed E-state index contributed by atoms with van der Waals surface area (Å²) in [4.78, 5) is 10.5. The van der Waals surface area contributed by atoms with E-state index < -0.39 is 5.97 Å². The molecule has 1 aliphatic carbocycles. The zero-order valence-electron chi connectivity index (χ0n) is 6.34. The Morgan fingerprint density at radius 2 is 2.09 bits per heavy atom. The fourth-order valence-electron chi connectivity index (χ4n) is 1.66. The molecule has 1 N–H and O–H groups in total. The van der Waals surface area contributed by atoms with Crippen molar-refractivity contribution >= 4 is 25.8 Å². The molecule has 0 radical (unpaired) electrons. The summed E-state index contributed by atoms with van der Waals surface area (Å²) in [6.07, 6.45) is 4.08. The Balaban J connectivity index is 0.000001000. The van der Waals surface area contributed by atoms with Crippen LogP contribution in [0.5, 0.6) is 0 Å². The van der Waals surface area contributed by atoms with Crippen molar-refractivity contribution < 1.29 is 9.90 Å². The van der Waals surface area contributed by atoms with Gasteiger partial charge in [0.1, 0.15) is 0 Å². The third-order valence-corrected chi connectivity index (χ3v) is 2.29. The topological polar surface area (TPSA) is 37.3 Å². The van der Waals surface area contributed by atoms with Gasteiger partial charge in [0.2, 0.25) is 0 Å². The van der Waals surface area contributed by atoms with Gasteiger partial charge in [0.05, 0.1) is 5.92 Å². The molecule has 0 spiro atoms. The van der Waals surface area contributed by atoms with E-state index in [9.17, 15) is 4.79 Å². The standard InChI is InChI=1S/C8H14O2.Ga.3H/c1-6-3-2-4-7(5-6)8(9)10;;;;/h6-7H,2-5H2,1H3,(H,9,10);;;;. The van der Waals surface area contributed by atoms with Gasteiger partial charge in [-0.1, -0.05) is 19.8 Å². The summed E-state index contributed by atoms with van der Waals surface area (Å²) >= 11 is 0. The second-order valence-corrected chi connectivity index (χ2v) is 3.31. The van der Waals surface area contributed by atoms with Crippen molar-refractivity contribution in [2.75, 3.05) is 0 Å². The Morgan fingerprint density at radius 1 is 1.45 bits per heavy atom. The summed E-state index contributed by atoms with van der Waals surface area (Å²) < 4.78 is 0. The molecule has 64 valence electrons. The Morgan fingerprint density at radius 3 is 2.45 bits per heavy atom. The third-order valence-electron chi connectivity index (χ3n) is 2.29. The summed E-state index contributed by atoms with van der Waals surface area (Å²) in [6.45, 7) is 2.13. The predicted octanol–water partition coefficient (Wildman–Crippen LogP) is 0.713. The van der Waals surface area contributed by atoms with Crippen molar-refractivity contribution in [1.29, 1.82) is 0 Å². The number of aliphatic carboxylic acids is 1. The number of rotatable bonds is 1. The van der Waals surface area contributed by atoms with Gasteiger partial charge >= 0.3 is 25.8 Å². The first-order valence-electron chi connectivity index (χ1n) is 3.93. The Bertz CT molecular complexity index is 136. The van der Waals surface area contributed by atoms with E-state index in [1.165, 1.54) is 6.42 Å². The second kappa shape index (κ2) is 4.88. The van der Waals surface area contributed by atoms with E-state index in [0.29, 0.717) is 5.92 Å². The van der Waals surface area contributed by atoms with Crippen LogP contribution in [0.1, 0.15) is 32.6 Å². The van der Waals surface area contributed by atoms with Gasteiger partial charge in [-0.25, -0.2) is 0 Å². The summed E-state index contributed by atoms with van der Waals surface area (Å²) in [5, 5.41) is 8.66. The number of carboxylic acid groups (broad SMARTS) is 1. The van der Waals surface area contributed by atoms with E-state index in [1.54, 1.807) is 0 Å². The quantitative estimate of drug-likeness (QED) is 0.654. The summed E-state index contributed by atoms with van der Waals surface area (Å²) in [5.41, 5.74) is 0. The number of carboxylic acids is 1. The molecular formula is C8H17GaO2. The molecule has 1 saturated carbocycles.